The topological polar surface area (TPSA) is 12.0 Å². The molecule has 1 aliphatic carbocycles. The third-order valence-electron chi connectivity index (χ3n) is 4.03. The van der Waals surface area contributed by atoms with Gasteiger partial charge in [0.25, 0.3) is 0 Å². The fourth-order valence-electron chi connectivity index (χ4n) is 2.93. The molecule has 0 saturated heterocycles. The molecule has 3 rings (SSSR count). The summed E-state index contributed by atoms with van der Waals surface area (Å²) in [6, 6.07) is 14.2. The zero-order valence-electron chi connectivity index (χ0n) is 11.4. The molecule has 104 valence electrons. The average molecular weight is 334 g/mol. The van der Waals surface area contributed by atoms with Crippen LogP contribution in [0.4, 0.5) is 4.39 Å². The molecular formula is C17H17BrFN. The number of fused-ring (bicyclic) bond motifs is 1. The third kappa shape index (κ3) is 2.65. The Balaban J connectivity index is 1.77. The summed E-state index contributed by atoms with van der Waals surface area (Å²) in [6.07, 6.45) is 1.80. The average Bonchev–Trinajstić information content (AvgIpc) is 2.84. The molecule has 3 heteroatoms. The Bertz CT molecular complexity index is 609. The normalized spacial score (nSPS) is 18.9. The molecule has 0 aromatic heterocycles. The Hall–Kier alpha value is -1.19. The van der Waals surface area contributed by atoms with Gasteiger partial charge in [0, 0.05) is 16.6 Å². The predicted molar refractivity (Wildman–Crippen MR) is 83.2 cm³/mol. The molecule has 0 bridgehead atoms. The fraction of sp³-hybridized carbons (Fsp3) is 0.294. The van der Waals surface area contributed by atoms with Gasteiger partial charge >= 0.3 is 0 Å². The molecule has 1 unspecified atom stereocenters. The van der Waals surface area contributed by atoms with Crippen LogP contribution in [-0.4, -0.2) is 0 Å². The van der Waals surface area contributed by atoms with E-state index in [0.717, 1.165) is 28.4 Å². The molecule has 2 atom stereocenters. The van der Waals surface area contributed by atoms with Crippen LogP contribution in [0.5, 0.6) is 0 Å². The van der Waals surface area contributed by atoms with Crippen molar-refractivity contribution in [2.24, 2.45) is 0 Å². The lowest BCUT2D eigenvalue weighted by molar-refractivity contribution is 0.465. The summed E-state index contributed by atoms with van der Waals surface area (Å²) in [6.45, 7) is 2.15. The van der Waals surface area contributed by atoms with Crippen LogP contribution in [0.2, 0.25) is 0 Å². The maximum absolute atomic E-state index is 13.7. The zero-order chi connectivity index (χ0) is 14.1. The molecule has 0 radical (unpaired) electrons. The maximum atomic E-state index is 13.7. The molecule has 0 fully saturated rings. The van der Waals surface area contributed by atoms with E-state index in [-0.39, 0.29) is 17.9 Å². The van der Waals surface area contributed by atoms with Crippen molar-refractivity contribution in [1.29, 1.82) is 0 Å². The van der Waals surface area contributed by atoms with E-state index in [9.17, 15) is 4.39 Å². The number of benzene rings is 2. The van der Waals surface area contributed by atoms with E-state index < -0.39 is 0 Å². The monoisotopic (exact) mass is 333 g/mol. The highest BCUT2D eigenvalue weighted by atomic mass is 79.9. The molecule has 0 heterocycles. The van der Waals surface area contributed by atoms with Gasteiger partial charge in [0.05, 0.1) is 0 Å². The second-order valence-electron chi connectivity index (χ2n) is 5.34. The van der Waals surface area contributed by atoms with E-state index in [4.69, 9.17) is 0 Å². The highest BCUT2D eigenvalue weighted by Crippen LogP contribution is 2.34. The van der Waals surface area contributed by atoms with Gasteiger partial charge in [-0.25, -0.2) is 4.39 Å². The second-order valence-corrected chi connectivity index (χ2v) is 6.25. The Kier molecular flexibility index (Phi) is 3.90. The second kappa shape index (κ2) is 5.66. The van der Waals surface area contributed by atoms with Crippen LogP contribution in [0.3, 0.4) is 0 Å². The molecule has 1 N–H and O–H groups in total. The van der Waals surface area contributed by atoms with Crippen LogP contribution >= 0.6 is 15.9 Å². The van der Waals surface area contributed by atoms with Crippen molar-refractivity contribution in [2.75, 3.05) is 0 Å². The first kappa shape index (κ1) is 13.8. The minimum Gasteiger partial charge on any atom is -0.303 e. The van der Waals surface area contributed by atoms with Gasteiger partial charge in [-0.05, 0) is 54.7 Å². The van der Waals surface area contributed by atoms with Gasteiger partial charge in [0.2, 0.25) is 0 Å². The molecule has 0 amide bonds. The SMILES string of the molecule is C[C@H](NC1CCc2c(F)cccc21)c1ccc(Br)cc1. The lowest BCUT2D eigenvalue weighted by Gasteiger charge is -2.21. The lowest BCUT2D eigenvalue weighted by atomic mass is 10.0. The molecule has 20 heavy (non-hydrogen) atoms. The molecule has 0 spiro atoms. The van der Waals surface area contributed by atoms with Crippen molar-refractivity contribution in [3.8, 4) is 0 Å². The summed E-state index contributed by atoms with van der Waals surface area (Å²) in [5, 5.41) is 3.62. The van der Waals surface area contributed by atoms with Crippen LogP contribution in [0.15, 0.2) is 46.9 Å². The number of nitrogens with one attached hydrogen (secondary N) is 1. The summed E-state index contributed by atoms with van der Waals surface area (Å²) < 4.78 is 14.8. The number of hydrogen-bond acceptors (Lipinski definition) is 1. The van der Waals surface area contributed by atoms with E-state index >= 15 is 0 Å². The predicted octanol–water partition coefficient (Wildman–Crippen LogP) is 4.93. The van der Waals surface area contributed by atoms with Crippen LogP contribution in [0.25, 0.3) is 0 Å². The molecular weight excluding hydrogens is 317 g/mol. The fourth-order valence-corrected chi connectivity index (χ4v) is 3.20. The Labute approximate surface area is 127 Å². The molecule has 0 aliphatic heterocycles. The number of halogens is 2. The molecule has 1 aliphatic rings. The van der Waals surface area contributed by atoms with Crippen molar-refractivity contribution >= 4 is 15.9 Å². The molecule has 2 aromatic carbocycles. The highest BCUT2D eigenvalue weighted by molar-refractivity contribution is 9.10. The minimum atomic E-state index is -0.0666. The van der Waals surface area contributed by atoms with Gasteiger partial charge in [-0.3, -0.25) is 0 Å². The van der Waals surface area contributed by atoms with E-state index in [1.165, 1.54) is 5.56 Å². The first-order chi connectivity index (χ1) is 9.65. The largest absolute Gasteiger partial charge is 0.303 e. The Morgan fingerprint density at radius 1 is 1.20 bits per heavy atom. The Morgan fingerprint density at radius 2 is 1.95 bits per heavy atom. The van der Waals surface area contributed by atoms with Gasteiger partial charge in [-0.1, -0.05) is 40.2 Å². The number of hydrogen-bond donors (Lipinski definition) is 1. The van der Waals surface area contributed by atoms with Crippen LogP contribution in [0.1, 0.15) is 42.1 Å². The zero-order valence-corrected chi connectivity index (χ0v) is 13.0. The summed E-state index contributed by atoms with van der Waals surface area (Å²) >= 11 is 3.45. The van der Waals surface area contributed by atoms with Crippen molar-refractivity contribution in [3.05, 3.63) is 69.4 Å². The third-order valence-corrected chi connectivity index (χ3v) is 4.56. The highest BCUT2D eigenvalue weighted by Gasteiger charge is 2.25. The summed E-state index contributed by atoms with van der Waals surface area (Å²) in [5.41, 5.74) is 3.25. The lowest BCUT2D eigenvalue weighted by Crippen LogP contribution is -2.23. The molecule has 1 nitrogen and oxygen atoms in total. The van der Waals surface area contributed by atoms with Gasteiger partial charge in [0.15, 0.2) is 0 Å². The van der Waals surface area contributed by atoms with Crippen LogP contribution in [-0.2, 0) is 6.42 Å². The maximum Gasteiger partial charge on any atom is 0.126 e. The first-order valence-corrected chi connectivity index (χ1v) is 7.73. The summed E-state index contributed by atoms with van der Waals surface area (Å²) in [7, 11) is 0. The van der Waals surface area contributed by atoms with E-state index in [1.807, 2.05) is 6.07 Å². The smallest absolute Gasteiger partial charge is 0.126 e. The van der Waals surface area contributed by atoms with Crippen molar-refractivity contribution in [3.63, 3.8) is 0 Å². The van der Waals surface area contributed by atoms with E-state index in [0.29, 0.717) is 0 Å². The molecule has 0 saturated carbocycles. The van der Waals surface area contributed by atoms with Gasteiger partial charge in [-0.15, -0.1) is 0 Å². The van der Waals surface area contributed by atoms with Crippen molar-refractivity contribution < 1.29 is 4.39 Å². The standard InChI is InChI=1S/C17H17BrFN/c1-11(12-5-7-13(18)8-6-12)20-17-10-9-14-15(17)3-2-4-16(14)19/h2-8,11,17,20H,9-10H2,1H3/t11-,17?/m0/s1. The van der Waals surface area contributed by atoms with Gasteiger partial charge < -0.3 is 5.32 Å². The number of rotatable bonds is 3. The van der Waals surface area contributed by atoms with Crippen LogP contribution < -0.4 is 5.32 Å². The van der Waals surface area contributed by atoms with E-state index in [1.54, 1.807) is 12.1 Å². The summed E-state index contributed by atoms with van der Waals surface area (Å²) in [4.78, 5) is 0. The Morgan fingerprint density at radius 3 is 2.70 bits per heavy atom. The molecule has 2 aromatic rings. The summed E-state index contributed by atoms with van der Waals surface area (Å²) in [5.74, 6) is -0.0666. The first-order valence-electron chi connectivity index (χ1n) is 6.94. The van der Waals surface area contributed by atoms with Crippen molar-refractivity contribution in [2.45, 2.75) is 31.8 Å². The quantitative estimate of drug-likeness (QED) is 0.839. The van der Waals surface area contributed by atoms with Gasteiger partial charge in [0.1, 0.15) is 5.82 Å². The van der Waals surface area contributed by atoms with Crippen LogP contribution in [0, 0.1) is 5.82 Å². The van der Waals surface area contributed by atoms with E-state index in [2.05, 4.69) is 52.4 Å². The van der Waals surface area contributed by atoms with Gasteiger partial charge in [-0.2, -0.15) is 0 Å². The van der Waals surface area contributed by atoms with Crippen molar-refractivity contribution in [1.82, 2.24) is 5.32 Å². The minimum absolute atomic E-state index is 0.0666.